The van der Waals surface area contributed by atoms with Crippen molar-refractivity contribution in [3.63, 3.8) is 0 Å². The third-order valence-corrected chi connectivity index (χ3v) is 2.37. The maximum atomic E-state index is 8.92. The van der Waals surface area contributed by atoms with E-state index in [1.165, 1.54) is 6.20 Å². The molecule has 0 bridgehead atoms. The molecule has 2 aromatic heterocycles. The highest BCUT2D eigenvalue weighted by Crippen LogP contribution is 2.19. The fourth-order valence-electron chi connectivity index (χ4n) is 1.52. The first-order valence-electron chi connectivity index (χ1n) is 5.32. The Balaban J connectivity index is 2.22. The van der Waals surface area contributed by atoms with Gasteiger partial charge in [0.25, 0.3) is 0 Å². The molecule has 0 amide bonds. The molecule has 0 aliphatic carbocycles. The molecule has 0 spiro atoms. The number of nitrogens with zero attached hydrogens (tertiary/aromatic N) is 4. The Morgan fingerprint density at radius 2 is 2.18 bits per heavy atom. The minimum Gasteiger partial charge on any atom is -0.358 e. The van der Waals surface area contributed by atoms with E-state index >= 15 is 0 Å². The predicted octanol–water partition coefficient (Wildman–Crippen LogP) is 1.63. The summed E-state index contributed by atoms with van der Waals surface area (Å²) in [7, 11) is 0. The largest absolute Gasteiger partial charge is 0.358 e. The molecule has 1 atom stereocenters. The van der Waals surface area contributed by atoms with Gasteiger partial charge in [-0.1, -0.05) is 6.92 Å². The van der Waals surface area contributed by atoms with Crippen LogP contribution in [-0.2, 0) is 0 Å². The number of aromatic nitrogens is 4. The summed E-state index contributed by atoms with van der Waals surface area (Å²) >= 11 is 0. The lowest BCUT2D eigenvalue weighted by atomic mass is 10.2. The molecule has 86 valence electrons. The lowest BCUT2D eigenvalue weighted by Gasteiger charge is -2.15. The molecular formula is C11H12N6. The molecule has 0 fully saturated rings. The van der Waals surface area contributed by atoms with Crippen LogP contribution >= 0.6 is 0 Å². The molecule has 17 heavy (non-hydrogen) atoms. The van der Waals surface area contributed by atoms with Gasteiger partial charge < -0.3 is 10.3 Å². The van der Waals surface area contributed by atoms with Crippen LogP contribution in [0, 0.1) is 11.3 Å². The zero-order chi connectivity index (χ0) is 12.1. The molecule has 6 heteroatoms. The third kappa shape index (κ3) is 2.39. The van der Waals surface area contributed by atoms with Crippen LogP contribution in [0.25, 0.3) is 0 Å². The number of rotatable bonds is 4. The molecule has 2 N–H and O–H groups in total. The van der Waals surface area contributed by atoms with Gasteiger partial charge in [0, 0.05) is 24.8 Å². The van der Waals surface area contributed by atoms with Crippen LogP contribution in [0.15, 0.2) is 24.8 Å². The molecule has 1 unspecified atom stereocenters. The quantitative estimate of drug-likeness (QED) is 0.830. The van der Waals surface area contributed by atoms with Crippen LogP contribution in [0.3, 0.4) is 0 Å². The second-order valence-electron chi connectivity index (χ2n) is 3.44. The first-order chi connectivity index (χ1) is 8.35. The maximum Gasteiger partial charge on any atom is 0.182 e. The molecular weight excluding hydrogens is 216 g/mol. The van der Waals surface area contributed by atoms with Gasteiger partial charge in [-0.3, -0.25) is 0 Å². The average molecular weight is 228 g/mol. The minimum absolute atomic E-state index is 0.00574. The van der Waals surface area contributed by atoms with E-state index in [0.29, 0.717) is 5.82 Å². The van der Waals surface area contributed by atoms with E-state index in [2.05, 4.69) is 25.3 Å². The maximum absolute atomic E-state index is 8.92. The van der Waals surface area contributed by atoms with Gasteiger partial charge in [0.1, 0.15) is 11.9 Å². The van der Waals surface area contributed by atoms with E-state index < -0.39 is 0 Å². The Bertz CT molecular complexity index is 513. The lowest BCUT2D eigenvalue weighted by molar-refractivity contribution is 0.699. The Morgan fingerprint density at radius 1 is 1.35 bits per heavy atom. The van der Waals surface area contributed by atoms with Crippen LogP contribution in [0.4, 0.5) is 5.82 Å². The van der Waals surface area contributed by atoms with Gasteiger partial charge in [-0.05, 0) is 6.42 Å². The predicted molar refractivity (Wildman–Crippen MR) is 62.0 cm³/mol. The number of anilines is 1. The Labute approximate surface area is 98.8 Å². The van der Waals surface area contributed by atoms with Gasteiger partial charge in [-0.15, -0.1) is 0 Å². The summed E-state index contributed by atoms with van der Waals surface area (Å²) in [6.45, 7) is 2.03. The van der Waals surface area contributed by atoms with E-state index in [-0.39, 0.29) is 11.7 Å². The Kier molecular flexibility index (Phi) is 3.31. The first-order valence-corrected chi connectivity index (χ1v) is 5.32. The standard InChI is InChI=1S/C11H12N6/c1-2-8(10-14-5-6-15-10)17-11-9(7-12)13-3-4-16-11/h3-6,8H,2H2,1H3,(H,14,15)(H,16,17). The number of imidazole rings is 1. The molecule has 6 nitrogen and oxygen atoms in total. The normalized spacial score (nSPS) is 11.8. The second-order valence-corrected chi connectivity index (χ2v) is 3.44. The number of nitrogens with one attached hydrogen (secondary N) is 2. The third-order valence-electron chi connectivity index (χ3n) is 2.37. The van der Waals surface area contributed by atoms with Crippen molar-refractivity contribution in [3.8, 4) is 6.07 Å². The Hall–Kier alpha value is -2.42. The molecule has 2 rings (SSSR count). The summed E-state index contributed by atoms with van der Waals surface area (Å²) in [6.07, 6.45) is 7.34. The highest BCUT2D eigenvalue weighted by Gasteiger charge is 2.14. The summed E-state index contributed by atoms with van der Waals surface area (Å²) in [4.78, 5) is 15.3. The van der Waals surface area contributed by atoms with Crippen molar-refractivity contribution in [2.45, 2.75) is 19.4 Å². The molecule has 0 aliphatic rings. The minimum atomic E-state index is -0.00574. The lowest BCUT2D eigenvalue weighted by Crippen LogP contribution is -2.13. The van der Waals surface area contributed by atoms with Crippen molar-refractivity contribution >= 4 is 5.82 Å². The van der Waals surface area contributed by atoms with Gasteiger partial charge in [-0.25, -0.2) is 15.0 Å². The van der Waals surface area contributed by atoms with Crippen molar-refractivity contribution in [1.82, 2.24) is 19.9 Å². The Morgan fingerprint density at radius 3 is 2.82 bits per heavy atom. The van der Waals surface area contributed by atoms with Crippen molar-refractivity contribution in [3.05, 3.63) is 36.3 Å². The SMILES string of the molecule is CCC(Nc1nccnc1C#N)c1ncc[nH]1. The number of nitriles is 1. The van der Waals surface area contributed by atoms with Crippen LogP contribution in [0.5, 0.6) is 0 Å². The number of H-pyrrole nitrogens is 1. The summed E-state index contributed by atoms with van der Waals surface area (Å²) < 4.78 is 0. The van der Waals surface area contributed by atoms with Gasteiger partial charge >= 0.3 is 0 Å². The van der Waals surface area contributed by atoms with E-state index in [1.54, 1.807) is 18.6 Å². The van der Waals surface area contributed by atoms with Crippen LogP contribution in [0.1, 0.15) is 30.9 Å². The molecule has 0 aliphatic heterocycles. The highest BCUT2D eigenvalue weighted by atomic mass is 15.1. The molecule has 2 aromatic rings. The zero-order valence-electron chi connectivity index (χ0n) is 9.38. The van der Waals surface area contributed by atoms with Crippen molar-refractivity contribution in [2.24, 2.45) is 0 Å². The van der Waals surface area contributed by atoms with E-state index in [1.807, 2.05) is 13.0 Å². The van der Waals surface area contributed by atoms with E-state index in [9.17, 15) is 0 Å². The van der Waals surface area contributed by atoms with E-state index in [4.69, 9.17) is 5.26 Å². The van der Waals surface area contributed by atoms with Gasteiger partial charge in [0.05, 0.1) is 6.04 Å². The molecule has 0 aromatic carbocycles. The summed E-state index contributed by atoms with van der Waals surface area (Å²) in [5.41, 5.74) is 0.289. The van der Waals surface area contributed by atoms with Crippen molar-refractivity contribution < 1.29 is 0 Å². The summed E-state index contributed by atoms with van der Waals surface area (Å²) in [5, 5.41) is 12.1. The topological polar surface area (TPSA) is 90.3 Å². The fraction of sp³-hybridized carbons (Fsp3) is 0.273. The van der Waals surface area contributed by atoms with Gasteiger partial charge in [0.15, 0.2) is 11.5 Å². The van der Waals surface area contributed by atoms with Crippen molar-refractivity contribution in [1.29, 1.82) is 5.26 Å². The van der Waals surface area contributed by atoms with E-state index in [0.717, 1.165) is 12.2 Å². The zero-order valence-corrected chi connectivity index (χ0v) is 9.38. The molecule has 0 saturated heterocycles. The number of hydrogen-bond donors (Lipinski definition) is 2. The number of hydrogen-bond acceptors (Lipinski definition) is 5. The monoisotopic (exact) mass is 228 g/mol. The molecule has 0 radical (unpaired) electrons. The first kappa shape index (κ1) is 11.1. The fourth-order valence-corrected chi connectivity index (χ4v) is 1.52. The molecule has 0 saturated carbocycles. The number of aromatic amines is 1. The summed E-state index contributed by atoms with van der Waals surface area (Å²) in [5.74, 6) is 1.31. The molecule has 2 heterocycles. The summed E-state index contributed by atoms with van der Waals surface area (Å²) in [6, 6.07) is 2.00. The van der Waals surface area contributed by atoms with Crippen molar-refractivity contribution in [2.75, 3.05) is 5.32 Å². The second kappa shape index (κ2) is 5.07. The van der Waals surface area contributed by atoms with Crippen LogP contribution < -0.4 is 5.32 Å². The smallest absolute Gasteiger partial charge is 0.182 e. The van der Waals surface area contributed by atoms with Crippen LogP contribution in [0.2, 0.25) is 0 Å². The van der Waals surface area contributed by atoms with Crippen LogP contribution in [-0.4, -0.2) is 19.9 Å². The highest BCUT2D eigenvalue weighted by molar-refractivity contribution is 5.47. The van der Waals surface area contributed by atoms with Gasteiger partial charge in [-0.2, -0.15) is 5.26 Å². The van der Waals surface area contributed by atoms with Gasteiger partial charge in [0.2, 0.25) is 0 Å². The average Bonchev–Trinajstić information content (AvgIpc) is 2.90.